The van der Waals surface area contributed by atoms with Gasteiger partial charge in [-0.1, -0.05) is 6.08 Å². The third-order valence-corrected chi connectivity index (χ3v) is 9.15. The Bertz CT molecular complexity index is 1140. The van der Waals surface area contributed by atoms with Gasteiger partial charge in [0.25, 0.3) is 0 Å². The van der Waals surface area contributed by atoms with Crippen LogP contribution >= 0.6 is 0 Å². The molecule has 22 nitrogen and oxygen atoms in total. The Balaban J connectivity index is 1.65. The van der Waals surface area contributed by atoms with Crippen LogP contribution in [0.1, 0.15) is 13.8 Å². The van der Waals surface area contributed by atoms with Gasteiger partial charge in [0, 0.05) is 5.57 Å². The summed E-state index contributed by atoms with van der Waals surface area (Å²) in [5, 5.41) is 135. The first-order chi connectivity index (χ1) is 24.1. The summed E-state index contributed by atoms with van der Waals surface area (Å²) >= 11 is 0. The number of hydrogen-bond donors (Lipinski definition) is 13. The molecule has 0 spiro atoms. The van der Waals surface area contributed by atoms with Crippen LogP contribution in [0.15, 0.2) is 11.6 Å². The number of aliphatic hydroxyl groups excluding tert-OH is 13. The third kappa shape index (κ3) is 9.04. The van der Waals surface area contributed by atoms with E-state index in [9.17, 15) is 71.2 Å². The van der Waals surface area contributed by atoms with E-state index in [0.717, 1.165) is 0 Å². The van der Waals surface area contributed by atoms with Crippen molar-refractivity contribution in [3.8, 4) is 0 Å². The molecule has 0 aliphatic carbocycles. The van der Waals surface area contributed by atoms with Gasteiger partial charge in [-0.3, -0.25) is 0 Å². The molecule has 0 aromatic heterocycles. The van der Waals surface area contributed by atoms with Crippen molar-refractivity contribution in [1.82, 2.24) is 0 Å². The Labute approximate surface area is 290 Å². The minimum absolute atomic E-state index is 0.184. The topological polar surface area (TPSA) is 354 Å². The predicted molar refractivity (Wildman–Crippen MR) is 157 cm³/mol. The summed E-state index contributed by atoms with van der Waals surface area (Å²) in [7, 11) is 0. The quantitative estimate of drug-likeness (QED) is 0.0651. The predicted octanol–water partition coefficient (Wildman–Crippen LogP) is -8.23. The van der Waals surface area contributed by atoms with E-state index in [2.05, 4.69) is 0 Å². The highest BCUT2D eigenvalue weighted by Crippen LogP contribution is 2.35. The molecule has 0 amide bonds. The largest absolute Gasteiger partial charge is 0.459 e. The molecule has 296 valence electrons. The van der Waals surface area contributed by atoms with E-state index in [1.165, 1.54) is 13.0 Å². The van der Waals surface area contributed by atoms with Crippen LogP contribution in [0.4, 0.5) is 0 Å². The van der Waals surface area contributed by atoms with E-state index in [-0.39, 0.29) is 5.57 Å². The number of carbonyl (C=O) groups excluding carboxylic acids is 1. The highest BCUT2D eigenvalue weighted by Gasteiger charge is 2.55. The molecule has 0 aromatic carbocycles. The molecular weight excluding hydrogens is 700 g/mol. The average Bonchev–Trinajstić information content (AvgIpc) is 3.12. The lowest BCUT2D eigenvalue weighted by atomic mass is 9.96. The Morgan fingerprint density at radius 2 is 0.863 bits per heavy atom. The van der Waals surface area contributed by atoms with Gasteiger partial charge in [0.1, 0.15) is 104 Å². The van der Waals surface area contributed by atoms with Crippen LogP contribution in [-0.2, 0) is 42.7 Å². The van der Waals surface area contributed by atoms with Crippen molar-refractivity contribution in [3.05, 3.63) is 11.6 Å². The summed E-state index contributed by atoms with van der Waals surface area (Å²) in [5.74, 6) is -0.813. The Hall–Kier alpha value is -1.59. The molecule has 4 heterocycles. The average molecular weight is 749 g/mol. The minimum Gasteiger partial charge on any atom is -0.459 e. The first-order valence-electron chi connectivity index (χ1n) is 16.1. The van der Waals surface area contributed by atoms with Crippen LogP contribution in [-0.4, -0.2) is 222 Å². The molecule has 4 aliphatic rings. The second kappa shape index (κ2) is 18.2. The molecule has 13 N–H and O–H groups in total. The molecule has 22 heteroatoms. The third-order valence-electron chi connectivity index (χ3n) is 9.15. The van der Waals surface area contributed by atoms with Crippen molar-refractivity contribution < 1.29 is 109 Å². The molecule has 4 fully saturated rings. The molecule has 4 saturated heterocycles. The van der Waals surface area contributed by atoms with Crippen LogP contribution in [0.25, 0.3) is 0 Å². The number of ether oxygens (including phenoxy) is 8. The number of carbonyl (C=O) groups is 1. The molecule has 0 saturated carbocycles. The SMILES string of the molecule is C/C=C(\C)C(=O)OC[C@@H]1O[C@@H](O[C@@H]2O[C@@H](CO)[C@H](O)[C@@H](O)[C@@H]2O[C@H]2O[C@@H](CO)[C@H](O)[C@@H](O)[C@@H]2O)[C@@H](O[C@H]2O[C@@H](CO)[C@H](O)[C@@H](O)[C@@H]2O)[C@H](O)[C@H]1O. The van der Waals surface area contributed by atoms with Gasteiger partial charge in [-0.05, 0) is 13.8 Å². The summed E-state index contributed by atoms with van der Waals surface area (Å²) in [4.78, 5) is 12.3. The fraction of sp³-hybridized carbons (Fsp3) is 0.897. The van der Waals surface area contributed by atoms with Crippen LogP contribution in [0, 0.1) is 0 Å². The normalized spacial score (nSPS) is 48.3. The summed E-state index contributed by atoms with van der Waals surface area (Å²) in [6.45, 7) is -0.298. The standard InChI is InChI=1S/C29H48O22/c1-3-8(2)25(43)44-7-12-16(36)20(40)24(50-27-22(42)18(38)14(34)10(5-31)46-27)29(48-12)51-28-23(19(39)15(35)11(6-32)47-28)49-26-21(41)17(37)13(33)9(4-30)45-26/h3,9-24,26-42H,4-7H2,1-2H3/b8-3+/t9-,10-,11-,12-,13-,14-,15-,16-,17+,18+,19+,20+,21-,22-,23-,24-,26+,27+,28-,29-/m0/s1. The van der Waals surface area contributed by atoms with Gasteiger partial charge >= 0.3 is 5.97 Å². The van der Waals surface area contributed by atoms with Crippen molar-refractivity contribution in [1.29, 1.82) is 0 Å². The second-order valence-electron chi connectivity index (χ2n) is 12.5. The number of esters is 1. The zero-order valence-electron chi connectivity index (χ0n) is 27.4. The van der Waals surface area contributed by atoms with Gasteiger partial charge in [0.2, 0.25) is 0 Å². The molecule has 0 radical (unpaired) electrons. The van der Waals surface area contributed by atoms with Crippen LogP contribution in [0.2, 0.25) is 0 Å². The van der Waals surface area contributed by atoms with E-state index in [0.29, 0.717) is 0 Å². The number of allylic oxidation sites excluding steroid dienone is 1. The fourth-order valence-corrected chi connectivity index (χ4v) is 5.80. The Morgan fingerprint density at radius 1 is 0.510 bits per heavy atom. The summed E-state index contributed by atoms with van der Waals surface area (Å²) in [6, 6.07) is 0. The van der Waals surface area contributed by atoms with E-state index in [4.69, 9.17) is 37.9 Å². The molecule has 0 unspecified atom stereocenters. The van der Waals surface area contributed by atoms with Crippen molar-refractivity contribution in [2.24, 2.45) is 0 Å². The second-order valence-corrected chi connectivity index (χ2v) is 12.5. The minimum atomic E-state index is -2.06. The summed E-state index contributed by atoms with van der Waals surface area (Å²) in [6.07, 6.45) is -35.7. The van der Waals surface area contributed by atoms with Gasteiger partial charge in [-0.25, -0.2) is 4.79 Å². The van der Waals surface area contributed by atoms with Gasteiger partial charge in [-0.2, -0.15) is 0 Å². The van der Waals surface area contributed by atoms with Crippen LogP contribution in [0.5, 0.6) is 0 Å². The summed E-state index contributed by atoms with van der Waals surface area (Å²) in [5.41, 5.74) is 0.184. The fourth-order valence-electron chi connectivity index (χ4n) is 5.80. The molecule has 20 atom stereocenters. The van der Waals surface area contributed by atoms with Crippen molar-refractivity contribution in [2.45, 2.75) is 137 Å². The molecule has 4 aliphatic heterocycles. The maximum atomic E-state index is 12.3. The molecule has 0 aromatic rings. The van der Waals surface area contributed by atoms with Gasteiger partial charge in [0.15, 0.2) is 25.2 Å². The maximum Gasteiger partial charge on any atom is 0.333 e. The number of hydrogen-bond acceptors (Lipinski definition) is 22. The van der Waals surface area contributed by atoms with E-state index in [1.54, 1.807) is 6.92 Å². The van der Waals surface area contributed by atoms with Crippen LogP contribution in [0.3, 0.4) is 0 Å². The Morgan fingerprint density at radius 3 is 1.25 bits per heavy atom. The molecule has 4 rings (SSSR count). The van der Waals surface area contributed by atoms with Gasteiger partial charge < -0.3 is 104 Å². The van der Waals surface area contributed by atoms with Crippen LogP contribution < -0.4 is 0 Å². The first kappa shape index (κ1) is 42.2. The van der Waals surface area contributed by atoms with E-state index in [1.807, 2.05) is 0 Å². The van der Waals surface area contributed by atoms with Gasteiger partial charge in [0.05, 0.1) is 19.8 Å². The smallest absolute Gasteiger partial charge is 0.333 e. The lowest BCUT2D eigenvalue weighted by molar-refractivity contribution is -0.414. The lowest BCUT2D eigenvalue weighted by Crippen LogP contribution is -2.67. The maximum absolute atomic E-state index is 12.3. The van der Waals surface area contributed by atoms with E-state index < -0.39 is 155 Å². The monoisotopic (exact) mass is 748 g/mol. The highest BCUT2D eigenvalue weighted by atomic mass is 16.8. The number of rotatable bonds is 12. The summed E-state index contributed by atoms with van der Waals surface area (Å²) < 4.78 is 44.5. The first-order valence-corrected chi connectivity index (χ1v) is 16.1. The molecule has 51 heavy (non-hydrogen) atoms. The van der Waals surface area contributed by atoms with Crippen molar-refractivity contribution in [2.75, 3.05) is 26.4 Å². The van der Waals surface area contributed by atoms with Crippen molar-refractivity contribution >= 4 is 5.97 Å². The molecular formula is C29H48O22. The highest BCUT2D eigenvalue weighted by molar-refractivity contribution is 5.87. The van der Waals surface area contributed by atoms with Gasteiger partial charge in [-0.15, -0.1) is 0 Å². The van der Waals surface area contributed by atoms with Crippen molar-refractivity contribution in [3.63, 3.8) is 0 Å². The van der Waals surface area contributed by atoms with E-state index >= 15 is 0 Å². The zero-order valence-corrected chi connectivity index (χ0v) is 27.4. The lowest BCUT2D eigenvalue weighted by Gasteiger charge is -2.49. The Kier molecular flexibility index (Phi) is 15.0. The zero-order chi connectivity index (χ0) is 37.9. The molecule has 0 bridgehead atoms. The number of aliphatic hydroxyl groups is 13.